The number of aromatic hydroxyl groups is 1. The van der Waals surface area contributed by atoms with Crippen LogP contribution in [0.4, 0.5) is 0 Å². The number of carboxylic acids is 1. The minimum Gasteiger partial charge on any atom is -0.505 e. The summed E-state index contributed by atoms with van der Waals surface area (Å²) in [6, 6.07) is 2.83. The second-order valence-corrected chi connectivity index (χ2v) is 3.32. The summed E-state index contributed by atoms with van der Waals surface area (Å²) in [5.74, 6) is -2.51. The predicted molar refractivity (Wildman–Crippen MR) is 55.0 cm³/mol. The highest BCUT2D eigenvalue weighted by molar-refractivity contribution is 5.94. The van der Waals surface area contributed by atoms with Crippen LogP contribution in [0.2, 0.25) is 0 Å². The monoisotopic (exact) mass is 224 g/mol. The van der Waals surface area contributed by atoms with Crippen LogP contribution in [0.5, 0.6) is 5.75 Å². The van der Waals surface area contributed by atoms with Gasteiger partial charge in [0.05, 0.1) is 5.92 Å². The van der Waals surface area contributed by atoms with Gasteiger partial charge in [0.2, 0.25) is 0 Å². The number of amides is 1. The summed E-state index contributed by atoms with van der Waals surface area (Å²) in [5, 5.41) is 20.3. The van der Waals surface area contributed by atoms with Gasteiger partial charge < -0.3 is 15.5 Å². The number of rotatable bonds is 4. The van der Waals surface area contributed by atoms with Gasteiger partial charge in [-0.2, -0.15) is 0 Å². The van der Waals surface area contributed by atoms with Crippen molar-refractivity contribution in [3.05, 3.63) is 24.0 Å². The summed E-state index contributed by atoms with van der Waals surface area (Å²) in [6.07, 6.45) is 1.37. The Labute approximate surface area is 91.9 Å². The average molecular weight is 224 g/mol. The molecule has 0 spiro atoms. The Morgan fingerprint density at radius 3 is 2.81 bits per heavy atom. The van der Waals surface area contributed by atoms with Gasteiger partial charge in [0.15, 0.2) is 5.69 Å². The molecule has 1 atom stereocenters. The zero-order valence-corrected chi connectivity index (χ0v) is 8.67. The first-order valence-electron chi connectivity index (χ1n) is 4.67. The van der Waals surface area contributed by atoms with E-state index in [0.29, 0.717) is 0 Å². The largest absolute Gasteiger partial charge is 0.505 e. The van der Waals surface area contributed by atoms with Gasteiger partial charge in [-0.1, -0.05) is 6.92 Å². The highest BCUT2D eigenvalue weighted by Gasteiger charge is 2.15. The molecule has 1 rings (SSSR count). The Hall–Kier alpha value is -2.11. The maximum absolute atomic E-state index is 11.5. The highest BCUT2D eigenvalue weighted by atomic mass is 16.4. The first kappa shape index (κ1) is 12.0. The molecule has 6 heteroatoms. The van der Waals surface area contributed by atoms with Gasteiger partial charge >= 0.3 is 5.97 Å². The van der Waals surface area contributed by atoms with Crippen LogP contribution >= 0.6 is 0 Å². The lowest BCUT2D eigenvalue weighted by molar-refractivity contribution is -0.140. The first-order chi connectivity index (χ1) is 7.52. The molecule has 1 unspecified atom stereocenters. The van der Waals surface area contributed by atoms with Crippen LogP contribution in [0.15, 0.2) is 18.3 Å². The number of carbonyl (C=O) groups excluding carboxylic acids is 1. The van der Waals surface area contributed by atoms with Crippen LogP contribution in [0.25, 0.3) is 0 Å². The maximum atomic E-state index is 11.5. The standard InChI is InChI=1S/C10H12N2O4/c1-6(10(15)16)5-12-9(14)8-7(13)3-2-4-11-8/h2-4,6,13H,5H2,1H3,(H,12,14)(H,15,16). The number of nitrogens with one attached hydrogen (secondary N) is 1. The van der Waals surface area contributed by atoms with Gasteiger partial charge in [-0.15, -0.1) is 0 Å². The third kappa shape index (κ3) is 2.94. The first-order valence-corrected chi connectivity index (χ1v) is 4.67. The normalized spacial score (nSPS) is 11.8. The van der Waals surface area contributed by atoms with Gasteiger partial charge in [-0.05, 0) is 12.1 Å². The van der Waals surface area contributed by atoms with Gasteiger partial charge in [-0.25, -0.2) is 4.98 Å². The van der Waals surface area contributed by atoms with Gasteiger partial charge in [0, 0.05) is 12.7 Å². The average Bonchev–Trinajstić information content (AvgIpc) is 2.25. The van der Waals surface area contributed by atoms with Crippen molar-refractivity contribution in [3.8, 4) is 5.75 Å². The van der Waals surface area contributed by atoms with Crippen molar-refractivity contribution in [1.29, 1.82) is 0 Å². The Morgan fingerprint density at radius 1 is 1.56 bits per heavy atom. The molecule has 0 radical (unpaired) electrons. The summed E-state index contributed by atoms with van der Waals surface area (Å²) >= 11 is 0. The fraction of sp³-hybridized carbons (Fsp3) is 0.300. The van der Waals surface area contributed by atoms with Crippen molar-refractivity contribution in [1.82, 2.24) is 10.3 Å². The van der Waals surface area contributed by atoms with Crippen molar-refractivity contribution in [2.45, 2.75) is 6.92 Å². The summed E-state index contributed by atoms with van der Waals surface area (Å²) in [4.78, 5) is 25.7. The minimum absolute atomic E-state index is 0.00974. The number of carboxylic acid groups (broad SMARTS) is 1. The molecule has 6 nitrogen and oxygen atoms in total. The summed E-state index contributed by atoms with van der Waals surface area (Å²) in [5.41, 5.74) is -0.111. The fourth-order valence-corrected chi connectivity index (χ4v) is 0.989. The molecule has 0 aliphatic carbocycles. The van der Waals surface area contributed by atoms with Gasteiger partial charge in [-0.3, -0.25) is 9.59 Å². The second kappa shape index (κ2) is 5.11. The molecule has 0 saturated heterocycles. The summed E-state index contributed by atoms with van der Waals surface area (Å²) in [6.45, 7) is 1.46. The van der Waals surface area contributed by atoms with Crippen molar-refractivity contribution >= 4 is 11.9 Å². The highest BCUT2D eigenvalue weighted by Crippen LogP contribution is 2.11. The maximum Gasteiger partial charge on any atom is 0.308 e. The Bertz CT molecular complexity index is 406. The molecule has 0 aliphatic rings. The SMILES string of the molecule is CC(CNC(=O)c1ncccc1O)C(=O)O. The molecule has 1 amide bonds. The second-order valence-electron chi connectivity index (χ2n) is 3.32. The van der Waals surface area contributed by atoms with E-state index in [1.165, 1.54) is 25.3 Å². The number of hydrogen-bond acceptors (Lipinski definition) is 4. The molecule has 1 heterocycles. The zero-order valence-electron chi connectivity index (χ0n) is 8.67. The van der Waals surface area contributed by atoms with E-state index in [0.717, 1.165) is 0 Å². The summed E-state index contributed by atoms with van der Waals surface area (Å²) < 4.78 is 0. The van der Waals surface area contributed by atoms with E-state index in [2.05, 4.69) is 10.3 Å². The quantitative estimate of drug-likeness (QED) is 0.680. The van der Waals surface area contributed by atoms with E-state index in [9.17, 15) is 14.7 Å². The Balaban J connectivity index is 2.60. The third-order valence-electron chi connectivity index (χ3n) is 1.99. The van der Waals surface area contributed by atoms with E-state index < -0.39 is 17.8 Å². The van der Waals surface area contributed by atoms with Crippen molar-refractivity contribution in [3.63, 3.8) is 0 Å². The number of nitrogens with zero attached hydrogens (tertiary/aromatic N) is 1. The molecule has 0 fully saturated rings. The Kier molecular flexibility index (Phi) is 3.82. The van der Waals surface area contributed by atoms with Crippen LogP contribution in [0.1, 0.15) is 17.4 Å². The molecule has 0 bridgehead atoms. The molecule has 0 aliphatic heterocycles. The van der Waals surface area contributed by atoms with Crippen LogP contribution in [0, 0.1) is 5.92 Å². The number of carbonyl (C=O) groups is 2. The lowest BCUT2D eigenvalue weighted by atomic mass is 10.2. The fourth-order valence-electron chi connectivity index (χ4n) is 0.989. The molecular formula is C10H12N2O4. The van der Waals surface area contributed by atoms with Crippen LogP contribution in [-0.2, 0) is 4.79 Å². The van der Waals surface area contributed by atoms with Gasteiger partial charge in [0.1, 0.15) is 5.75 Å². The van der Waals surface area contributed by atoms with E-state index in [-0.39, 0.29) is 18.0 Å². The van der Waals surface area contributed by atoms with Crippen LogP contribution in [0.3, 0.4) is 0 Å². The molecule has 0 aromatic carbocycles. The molecule has 0 saturated carbocycles. The van der Waals surface area contributed by atoms with Crippen LogP contribution in [-0.4, -0.2) is 33.6 Å². The summed E-state index contributed by atoms with van der Waals surface area (Å²) in [7, 11) is 0. The van der Waals surface area contributed by atoms with Crippen molar-refractivity contribution < 1.29 is 19.8 Å². The number of pyridine rings is 1. The lowest BCUT2D eigenvalue weighted by Gasteiger charge is -2.08. The van der Waals surface area contributed by atoms with E-state index in [4.69, 9.17) is 5.11 Å². The van der Waals surface area contributed by atoms with Crippen LogP contribution < -0.4 is 5.32 Å². The number of aliphatic carboxylic acids is 1. The molecule has 86 valence electrons. The molecule has 16 heavy (non-hydrogen) atoms. The Morgan fingerprint density at radius 2 is 2.25 bits per heavy atom. The van der Waals surface area contributed by atoms with Crippen molar-refractivity contribution in [2.75, 3.05) is 6.54 Å². The topological polar surface area (TPSA) is 99.5 Å². The number of aromatic nitrogens is 1. The molecule has 1 aromatic rings. The molecule has 1 aromatic heterocycles. The third-order valence-corrected chi connectivity index (χ3v) is 1.99. The zero-order chi connectivity index (χ0) is 12.1. The molecular weight excluding hydrogens is 212 g/mol. The smallest absolute Gasteiger partial charge is 0.308 e. The predicted octanol–water partition coefficient (Wildman–Crippen LogP) is 0.238. The van der Waals surface area contributed by atoms with E-state index in [1.807, 2.05) is 0 Å². The number of hydrogen-bond donors (Lipinski definition) is 3. The minimum atomic E-state index is -0.995. The van der Waals surface area contributed by atoms with Gasteiger partial charge in [0.25, 0.3) is 5.91 Å². The lowest BCUT2D eigenvalue weighted by Crippen LogP contribution is -2.31. The van der Waals surface area contributed by atoms with Crippen molar-refractivity contribution in [2.24, 2.45) is 5.92 Å². The van der Waals surface area contributed by atoms with E-state index in [1.54, 1.807) is 0 Å². The molecule has 3 N–H and O–H groups in total. The van der Waals surface area contributed by atoms with E-state index >= 15 is 0 Å².